The molecule has 0 unspecified atom stereocenters. The van der Waals surface area contributed by atoms with Crippen molar-refractivity contribution in [2.45, 2.75) is 52.7 Å². The molecule has 0 radical (unpaired) electrons. The minimum Gasteiger partial charge on any atom is -0.423 e. The molecule has 0 saturated heterocycles. The Morgan fingerprint density at radius 1 is 1.37 bits per heavy atom. The number of nitrogens with zero attached hydrogens (tertiary/aromatic N) is 3. The van der Waals surface area contributed by atoms with Crippen LogP contribution in [0.2, 0.25) is 0 Å². The molecule has 1 aliphatic heterocycles. The van der Waals surface area contributed by atoms with Crippen LogP contribution >= 0.6 is 27.3 Å². The highest BCUT2D eigenvalue weighted by Crippen LogP contribution is 2.31. The number of fused-ring (bicyclic) bond motifs is 1. The van der Waals surface area contributed by atoms with Gasteiger partial charge in [0.05, 0.1) is 16.8 Å². The number of hydrogen-bond acceptors (Lipinski definition) is 5. The predicted octanol–water partition coefficient (Wildman–Crippen LogP) is 4.32. The molecule has 3 heterocycles. The Bertz CT molecular complexity index is 1050. The summed E-state index contributed by atoms with van der Waals surface area (Å²) in [5.74, 6) is 0.577. The Balaban J connectivity index is 0.000000158. The predicted molar refractivity (Wildman–Crippen MR) is 121 cm³/mol. The lowest BCUT2D eigenvalue weighted by Gasteiger charge is -2.02. The first-order chi connectivity index (χ1) is 14.3. The largest absolute Gasteiger partial charge is 0.491 e. The molecule has 1 fully saturated rings. The highest BCUT2D eigenvalue weighted by molar-refractivity contribution is 9.10. The summed E-state index contributed by atoms with van der Waals surface area (Å²) < 4.78 is 20.9. The van der Waals surface area contributed by atoms with Gasteiger partial charge in [-0.25, -0.2) is 9.37 Å². The summed E-state index contributed by atoms with van der Waals surface area (Å²) in [6.07, 6.45) is 5.66. The number of hydrogen-bond donors (Lipinski definition) is 1. The summed E-state index contributed by atoms with van der Waals surface area (Å²) in [5, 5.41) is 15.0. The molecule has 5 rings (SSSR count). The van der Waals surface area contributed by atoms with Gasteiger partial charge in [-0.1, -0.05) is 6.07 Å². The van der Waals surface area contributed by atoms with E-state index in [0.717, 1.165) is 39.8 Å². The van der Waals surface area contributed by atoms with Crippen molar-refractivity contribution in [3.05, 3.63) is 61.5 Å². The highest BCUT2D eigenvalue weighted by atomic mass is 79.9. The van der Waals surface area contributed by atoms with E-state index >= 15 is 0 Å². The van der Waals surface area contributed by atoms with Gasteiger partial charge in [-0.05, 0) is 84.2 Å². The van der Waals surface area contributed by atoms with Crippen LogP contribution in [0.15, 0.2) is 29.0 Å². The second-order valence-corrected chi connectivity index (χ2v) is 9.97. The number of thiazole rings is 1. The highest BCUT2D eigenvalue weighted by Gasteiger charge is 2.32. The maximum atomic E-state index is 12.7. The molecule has 1 aromatic carbocycles. The average Bonchev–Trinajstić information content (AvgIpc) is 3.26. The fraction of sp³-hybridized carbons (Fsp3) is 0.429. The Kier molecular flexibility index (Phi) is 6.43. The monoisotopic (exact) mass is 491 g/mol. The number of benzene rings is 1. The standard InChI is InChI=1S/C13H16BrN3S.C8H8BFO2/c1-8-11(5-12-13(14)15-9(2)18-12)7-17(16-8)6-10-3-4-10;1-5-7-4-6(10)2-3-8(7)9(11)12-5/h7,10H,3-6H2,1-2H3;2-5,11H,1H3/t;5-/m.1/s1. The van der Waals surface area contributed by atoms with E-state index in [4.69, 9.17) is 4.65 Å². The van der Waals surface area contributed by atoms with E-state index in [9.17, 15) is 9.41 Å². The summed E-state index contributed by atoms with van der Waals surface area (Å²) in [5.41, 5.74) is 3.88. The third-order valence-electron chi connectivity index (χ3n) is 5.38. The summed E-state index contributed by atoms with van der Waals surface area (Å²) >= 11 is 5.29. The van der Waals surface area contributed by atoms with Crippen LogP contribution in [0.4, 0.5) is 4.39 Å². The molecule has 158 valence electrons. The third kappa shape index (κ3) is 5.02. The number of aromatic nitrogens is 3. The van der Waals surface area contributed by atoms with E-state index in [1.54, 1.807) is 24.3 Å². The molecule has 0 amide bonds. The van der Waals surface area contributed by atoms with Gasteiger partial charge in [-0.15, -0.1) is 11.3 Å². The van der Waals surface area contributed by atoms with Gasteiger partial charge in [0.25, 0.3) is 0 Å². The smallest absolute Gasteiger partial charge is 0.423 e. The normalized spacial score (nSPS) is 17.7. The van der Waals surface area contributed by atoms with Gasteiger partial charge >= 0.3 is 7.12 Å². The second-order valence-electron chi connectivity index (χ2n) is 7.93. The lowest BCUT2D eigenvalue weighted by molar-refractivity contribution is 0.208. The van der Waals surface area contributed by atoms with Crippen molar-refractivity contribution < 1.29 is 14.1 Å². The van der Waals surface area contributed by atoms with Gasteiger partial charge < -0.3 is 9.68 Å². The molecule has 1 aliphatic carbocycles. The SMILES string of the molecule is C[C@H]1OB(O)c2ccc(F)cc21.Cc1nc(Br)c(Cc2cn(CC3CC3)nc2C)s1. The third-order valence-corrected chi connectivity index (χ3v) is 7.27. The van der Waals surface area contributed by atoms with Crippen molar-refractivity contribution >= 4 is 39.8 Å². The number of rotatable bonds is 4. The molecule has 1 N–H and O–H groups in total. The first-order valence-electron chi connectivity index (χ1n) is 10.1. The molecular formula is C21H24BBrFN3O2S. The molecule has 30 heavy (non-hydrogen) atoms. The van der Waals surface area contributed by atoms with Crippen LogP contribution in [-0.2, 0) is 17.6 Å². The number of halogens is 2. The Morgan fingerprint density at radius 2 is 2.13 bits per heavy atom. The van der Waals surface area contributed by atoms with Crippen molar-refractivity contribution in [1.82, 2.24) is 14.8 Å². The van der Waals surface area contributed by atoms with Crippen LogP contribution in [-0.4, -0.2) is 26.9 Å². The van der Waals surface area contributed by atoms with Crippen LogP contribution < -0.4 is 5.46 Å². The van der Waals surface area contributed by atoms with Crippen LogP contribution in [0.25, 0.3) is 0 Å². The molecule has 1 saturated carbocycles. The van der Waals surface area contributed by atoms with Crippen LogP contribution in [0.1, 0.15) is 52.6 Å². The molecule has 9 heteroatoms. The van der Waals surface area contributed by atoms with Gasteiger partial charge in [0.1, 0.15) is 10.4 Å². The fourth-order valence-corrected chi connectivity index (χ4v) is 5.20. The zero-order valence-electron chi connectivity index (χ0n) is 17.2. The minimum absolute atomic E-state index is 0.217. The van der Waals surface area contributed by atoms with E-state index in [1.165, 1.54) is 35.4 Å². The zero-order chi connectivity index (χ0) is 21.4. The lowest BCUT2D eigenvalue weighted by Crippen LogP contribution is -2.27. The first-order valence-corrected chi connectivity index (χ1v) is 11.7. The quantitative estimate of drug-likeness (QED) is 0.552. The zero-order valence-corrected chi connectivity index (χ0v) is 19.6. The first kappa shape index (κ1) is 21.7. The van der Waals surface area contributed by atoms with Gasteiger partial charge in [-0.2, -0.15) is 5.10 Å². The van der Waals surface area contributed by atoms with Gasteiger partial charge in [0, 0.05) is 24.0 Å². The van der Waals surface area contributed by atoms with E-state index in [1.807, 2.05) is 6.92 Å². The molecule has 2 aromatic heterocycles. The van der Waals surface area contributed by atoms with Crippen LogP contribution in [0.3, 0.4) is 0 Å². The lowest BCUT2D eigenvalue weighted by atomic mass is 9.79. The van der Waals surface area contributed by atoms with Gasteiger partial charge in [0.2, 0.25) is 0 Å². The summed E-state index contributed by atoms with van der Waals surface area (Å²) in [4.78, 5) is 5.70. The van der Waals surface area contributed by atoms with Crippen LogP contribution in [0.5, 0.6) is 0 Å². The number of aryl methyl sites for hydroxylation is 2. The van der Waals surface area contributed by atoms with Crippen molar-refractivity contribution in [2.75, 3.05) is 0 Å². The van der Waals surface area contributed by atoms with Gasteiger partial charge in [0.15, 0.2) is 0 Å². The van der Waals surface area contributed by atoms with Crippen molar-refractivity contribution in [3.63, 3.8) is 0 Å². The maximum absolute atomic E-state index is 12.7. The van der Waals surface area contributed by atoms with Crippen molar-refractivity contribution in [2.24, 2.45) is 5.92 Å². The average molecular weight is 492 g/mol. The summed E-state index contributed by atoms with van der Waals surface area (Å²) in [7, 11) is -0.893. The Hall–Kier alpha value is -1.55. The molecule has 2 aliphatic rings. The van der Waals surface area contributed by atoms with E-state index in [2.05, 4.69) is 43.8 Å². The molecule has 3 aromatic rings. The Morgan fingerprint density at radius 3 is 2.80 bits per heavy atom. The molecule has 1 atom stereocenters. The van der Waals surface area contributed by atoms with Gasteiger partial charge in [-0.3, -0.25) is 4.68 Å². The molecule has 0 spiro atoms. The van der Waals surface area contributed by atoms with E-state index in [-0.39, 0.29) is 11.9 Å². The van der Waals surface area contributed by atoms with Crippen molar-refractivity contribution in [3.8, 4) is 0 Å². The van der Waals surface area contributed by atoms with Crippen LogP contribution in [0, 0.1) is 25.6 Å². The minimum atomic E-state index is -0.893. The summed E-state index contributed by atoms with van der Waals surface area (Å²) in [6.45, 7) is 7.01. The Labute approximate surface area is 188 Å². The topological polar surface area (TPSA) is 60.2 Å². The molecule has 5 nitrogen and oxygen atoms in total. The van der Waals surface area contributed by atoms with E-state index < -0.39 is 7.12 Å². The fourth-order valence-electron chi connectivity index (χ4n) is 3.58. The summed E-state index contributed by atoms with van der Waals surface area (Å²) in [6, 6.07) is 4.28. The van der Waals surface area contributed by atoms with E-state index in [0.29, 0.717) is 5.46 Å². The maximum Gasteiger partial charge on any atom is 0.491 e. The molecule has 0 bridgehead atoms. The van der Waals surface area contributed by atoms with Crippen molar-refractivity contribution in [1.29, 1.82) is 0 Å². The molecular weight excluding hydrogens is 468 g/mol. The second kappa shape index (κ2) is 8.90.